The fraction of sp³-hybridized carbons (Fsp3) is 0.400. The molecular weight excluding hydrogens is 136 g/mol. The van der Waals surface area contributed by atoms with E-state index in [-0.39, 0.29) is 5.89 Å². The molecule has 5 nitrogen and oxygen atoms in total. The molecule has 1 N–H and O–H groups in total. The van der Waals surface area contributed by atoms with Gasteiger partial charge >= 0.3 is 5.97 Å². The van der Waals surface area contributed by atoms with Crippen LogP contribution >= 0.6 is 0 Å². The van der Waals surface area contributed by atoms with E-state index in [1.807, 2.05) is 0 Å². The lowest BCUT2D eigenvalue weighted by atomic mass is 10.2. The van der Waals surface area contributed by atoms with Crippen molar-refractivity contribution in [3.63, 3.8) is 0 Å². The number of aromatic nitrogens is 2. The van der Waals surface area contributed by atoms with Gasteiger partial charge in [-0.3, -0.25) is 4.79 Å². The highest BCUT2D eigenvalue weighted by Crippen LogP contribution is 2.09. The first-order chi connectivity index (χ1) is 4.72. The minimum atomic E-state index is -0.968. The number of hydrogen-bond donors (Lipinski definition) is 1. The topological polar surface area (TPSA) is 76.2 Å². The largest absolute Gasteiger partial charge is 0.481 e. The quantitative estimate of drug-likeness (QED) is 0.640. The van der Waals surface area contributed by atoms with Gasteiger partial charge in [0.15, 0.2) is 0 Å². The number of carboxylic acid groups (broad SMARTS) is 1. The molecule has 5 heteroatoms. The second-order valence-electron chi connectivity index (χ2n) is 1.84. The second-order valence-corrected chi connectivity index (χ2v) is 1.84. The Bertz CT molecular complexity index is 219. The molecule has 1 heterocycles. The normalized spacial score (nSPS) is 12.9. The number of carbonyl (C=O) groups is 1. The molecule has 54 valence electrons. The van der Waals surface area contributed by atoms with Gasteiger partial charge < -0.3 is 9.52 Å². The fourth-order valence-corrected chi connectivity index (χ4v) is 0.476. The second kappa shape index (κ2) is 2.47. The first-order valence-corrected chi connectivity index (χ1v) is 2.70. The Balaban J connectivity index is 2.77. The van der Waals surface area contributed by atoms with Crippen LogP contribution in [-0.4, -0.2) is 21.3 Å². The average molecular weight is 142 g/mol. The van der Waals surface area contributed by atoms with Crippen LogP contribution < -0.4 is 0 Å². The van der Waals surface area contributed by atoms with Crippen LogP contribution in [0.4, 0.5) is 0 Å². The van der Waals surface area contributed by atoms with Crippen LogP contribution in [0.2, 0.25) is 0 Å². The van der Waals surface area contributed by atoms with Crippen molar-refractivity contribution in [1.29, 1.82) is 0 Å². The molecule has 0 saturated carbocycles. The average Bonchev–Trinajstić information content (AvgIpc) is 2.36. The van der Waals surface area contributed by atoms with E-state index in [2.05, 4.69) is 14.6 Å². The van der Waals surface area contributed by atoms with Crippen molar-refractivity contribution in [3.05, 3.63) is 12.3 Å². The van der Waals surface area contributed by atoms with E-state index in [1.54, 1.807) is 0 Å². The standard InChI is InChI=1S/C5H6N2O3/c1-3(5(8)9)4-7-6-2-10-4/h2-3H,1H3,(H,8,9). The highest BCUT2D eigenvalue weighted by Gasteiger charge is 2.18. The molecule has 1 atom stereocenters. The number of carboxylic acids is 1. The molecule has 0 saturated heterocycles. The zero-order valence-electron chi connectivity index (χ0n) is 5.31. The van der Waals surface area contributed by atoms with E-state index in [9.17, 15) is 4.79 Å². The number of aliphatic carboxylic acids is 1. The maximum Gasteiger partial charge on any atom is 0.315 e. The summed E-state index contributed by atoms with van der Waals surface area (Å²) in [4.78, 5) is 10.3. The van der Waals surface area contributed by atoms with Crippen LogP contribution in [-0.2, 0) is 4.79 Å². The molecule has 0 aliphatic heterocycles. The first kappa shape index (κ1) is 6.73. The molecule has 1 rings (SSSR count). The third kappa shape index (κ3) is 1.12. The van der Waals surface area contributed by atoms with Crippen LogP contribution in [0, 0.1) is 0 Å². The third-order valence-electron chi connectivity index (χ3n) is 1.12. The van der Waals surface area contributed by atoms with Crippen molar-refractivity contribution in [2.45, 2.75) is 12.8 Å². The summed E-state index contributed by atoms with van der Waals surface area (Å²) in [5.41, 5.74) is 0. The predicted octanol–water partition coefficient (Wildman–Crippen LogP) is 0.258. The SMILES string of the molecule is CC(C(=O)O)c1nnco1. The van der Waals surface area contributed by atoms with Gasteiger partial charge in [0, 0.05) is 0 Å². The van der Waals surface area contributed by atoms with Gasteiger partial charge in [-0.1, -0.05) is 0 Å². The maximum atomic E-state index is 10.3. The molecule has 0 spiro atoms. The van der Waals surface area contributed by atoms with Gasteiger partial charge in [0.05, 0.1) is 0 Å². The van der Waals surface area contributed by atoms with Crippen LogP contribution in [0.25, 0.3) is 0 Å². The Labute approximate surface area is 56.7 Å². The highest BCUT2D eigenvalue weighted by molar-refractivity contribution is 5.73. The smallest absolute Gasteiger partial charge is 0.315 e. The summed E-state index contributed by atoms with van der Waals surface area (Å²) in [7, 11) is 0. The summed E-state index contributed by atoms with van der Waals surface area (Å²) < 4.78 is 4.65. The van der Waals surface area contributed by atoms with E-state index in [1.165, 1.54) is 6.92 Å². The van der Waals surface area contributed by atoms with E-state index in [4.69, 9.17) is 5.11 Å². The molecule has 10 heavy (non-hydrogen) atoms. The first-order valence-electron chi connectivity index (χ1n) is 2.70. The summed E-state index contributed by atoms with van der Waals surface area (Å²) in [5, 5.41) is 15.2. The summed E-state index contributed by atoms with van der Waals surface area (Å²) >= 11 is 0. The van der Waals surface area contributed by atoms with Crippen molar-refractivity contribution >= 4 is 5.97 Å². The fourth-order valence-electron chi connectivity index (χ4n) is 0.476. The van der Waals surface area contributed by atoms with Crippen molar-refractivity contribution in [1.82, 2.24) is 10.2 Å². The van der Waals surface area contributed by atoms with E-state index >= 15 is 0 Å². The molecule has 0 fully saturated rings. The molecule has 0 aliphatic rings. The van der Waals surface area contributed by atoms with Gasteiger partial charge in [-0.15, -0.1) is 10.2 Å². The van der Waals surface area contributed by atoms with Crippen molar-refractivity contribution in [3.8, 4) is 0 Å². The Kier molecular flexibility index (Phi) is 1.66. The summed E-state index contributed by atoms with van der Waals surface area (Å²) in [6, 6.07) is 0. The zero-order valence-corrected chi connectivity index (χ0v) is 5.31. The molecule has 1 unspecified atom stereocenters. The predicted molar refractivity (Wildman–Crippen MR) is 30.3 cm³/mol. The van der Waals surface area contributed by atoms with Crippen molar-refractivity contribution in [2.24, 2.45) is 0 Å². The molecular formula is C5H6N2O3. The van der Waals surface area contributed by atoms with E-state index in [0.717, 1.165) is 6.39 Å². The van der Waals surface area contributed by atoms with E-state index < -0.39 is 11.9 Å². The molecule has 0 bridgehead atoms. The molecule has 0 aromatic carbocycles. The number of rotatable bonds is 2. The minimum Gasteiger partial charge on any atom is -0.481 e. The lowest BCUT2D eigenvalue weighted by Gasteiger charge is -1.95. The zero-order chi connectivity index (χ0) is 7.56. The van der Waals surface area contributed by atoms with Gasteiger partial charge in [0.1, 0.15) is 5.92 Å². The monoisotopic (exact) mass is 142 g/mol. The Hall–Kier alpha value is -1.39. The van der Waals surface area contributed by atoms with Crippen LogP contribution in [0.5, 0.6) is 0 Å². The number of nitrogens with zero attached hydrogens (tertiary/aromatic N) is 2. The van der Waals surface area contributed by atoms with Gasteiger partial charge in [0.2, 0.25) is 12.3 Å². The van der Waals surface area contributed by atoms with Crippen molar-refractivity contribution < 1.29 is 14.3 Å². The van der Waals surface area contributed by atoms with Gasteiger partial charge in [0.25, 0.3) is 0 Å². The summed E-state index contributed by atoms with van der Waals surface area (Å²) in [6.45, 7) is 1.48. The number of hydrogen-bond acceptors (Lipinski definition) is 4. The minimum absolute atomic E-state index is 0.132. The third-order valence-corrected chi connectivity index (χ3v) is 1.12. The molecule has 0 aliphatic carbocycles. The lowest BCUT2D eigenvalue weighted by Crippen LogP contribution is -2.07. The molecule has 0 radical (unpaired) electrons. The molecule has 1 aromatic rings. The summed E-state index contributed by atoms with van der Waals surface area (Å²) in [6.07, 6.45) is 1.11. The van der Waals surface area contributed by atoms with Crippen molar-refractivity contribution in [2.75, 3.05) is 0 Å². The van der Waals surface area contributed by atoms with Gasteiger partial charge in [-0.25, -0.2) is 0 Å². The van der Waals surface area contributed by atoms with Crippen LogP contribution in [0.1, 0.15) is 18.7 Å². The Morgan fingerprint density at radius 3 is 3.00 bits per heavy atom. The lowest BCUT2D eigenvalue weighted by molar-refractivity contribution is -0.138. The maximum absolute atomic E-state index is 10.3. The van der Waals surface area contributed by atoms with Crippen LogP contribution in [0.3, 0.4) is 0 Å². The Morgan fingerprint density at radius 2 is 2.60 bits per heavy atom. The van der Waals surface area contributed by atoms with Gasteiger partial charge in [-0.2, -0.15) is 0 Å². The summed E-state index contributed by atoms with van der Waals surface area (Å²) in [5.74, 6) is -1.56. The molecule has 0 amide bonds. The highest BCUT2D eigenvalue weighted by atomic mass is 16.4. The van der Waals surface area contributed by atoms with E-state index in [0.29, 0.717) is 0 Å². The Morgan fingerprint density at radius 1 is 1.90 bits per heavy atom. The van der Waals surface area contributed by atoms with Crippen LogP contribution in [0.15, 0.2) is 10.8 Å². The van der Waals surface area contributed by atoms with Gasteiger partial charge in [-0.05, 0) is 6.92 Å². The molecule has 1 aromatic heterocycles.